The van der Waals surface area contributed by atoms with Crippen molar-refractivity contribution in [3.63, 3.8) is 0 Å². The maximum absolute atomic E-state index is 13.4. The molecule has 214 valence electrons. The Bertz CT molecular complexity index is 1980. The summed E-state index contributed by atoms with van der Waals surface area (Å²) in [5, 5.41) is 11.0. The zero-order valence-corrected chi connectivity index (χ0v) is 23.9. The molecular formula is C36H30FN3O3. The summed E-state index contributed by atoms with van der Waals surface area (Å²) in [6.07, 6.45) is 0. The van der Waals surface area contributed by atoms with E-state index in [4.69, 9.17) is 14.7 Å². The summed E-state index contributed by atoms with van der Waals surface area (Å²) in [4.78, 5) is 21.8. The van der Waals surface area contributed by atoms with Gasteiger partial charge in [0, 0.05) is 23.9 Å². The highest BCUT2D eigenvalue weighted by atomic mass is 19.1. The van der Waals surface area contributed by atoms with E-state index < -0.39 is 17.3 Å². The van der Waals surface area contributed by atoms with Crippen molar-refractivity contribution < 1.29 is 19.0 Å². The van der Waals surface area contributed by atoms with Gasteiger partial charge in [0.25, 0.3) is 0 Å². The highest BCUT2D eigenvalue weighted by Crippen LogP contribution is 2.64. The Balaban J connectivity index is 1.19. The lowest BCUT2D eigenvalue weighted by atomic mass is 10.0. The largest absolute Gasteiger partial charge is 0.487 e. The van der Waals surface area contributed by atoms with Crippen molar-refractivity contribution in [2.45, 2.75) is 32.9 Å². The number of ether oxygens (including phenoxy) is 1. The molecule has 1 fully saturated rings. The molecule has 7 rings (SSSR count). The Morgan fingerprint density at radius 3 is 2.33 bits per heavy atom. The summed E-state index contributed by atoms with van der Waals surface area (Å²) < 4.78 is 21.6. The number of carbonyl (C=O) groups is 1. The van der Waals surface area contributed by atoms with Crippen LogP contribution in [0.4, 0.5) is 4.39 Å². The third kappa shape index (κ3) is 5.01. The predicted molar refractivity (Wildman–Crippen MR) is 164 cm³/mol. The molecular weight excluding hydrogens is 541 g/mol. The second kappa shape index (κ2) is 10.3. The molecule has 6 nitrogen and oxygen atoms in total. The topological polar surface area (TPSA) is 77.2 Å². The van der Waals surface area contributed by atoms with Crippen LogP contribution in [0.5, 0.6) is 5.75 Å². The maximum Gasteiger partial charge on any atom is 0.307 e. The molecule has 7 heteroatoms. The van der Waals surface area contributed by atoms with Crippen LogP contribution in [0.25, 0.3) is 33.1 Å². The molecule has 0 amide bonds. The molecule has 2 atom stereocenters. The lowest BCUT2D eigenvalue weighted by molar-refractivity contribution is -0.139. The van der Waals surface area contributed by atoms with E-state index in [0.717, 1.165) is 50.1 Å². The minimum Gasteiger partial charge on any atom is -0.487 e. The molecule has 6 aromatic rings. The van der Waals surface area contributed by atoms with Crippen LogP contribution < -0.4 is 4.74 Å². The van der Waals surface area contributed by atoms with E-state index >= 15 is 0 Å². The molecule has 1 saturated carbocycles. The Kier molecular flexibility index (Phi) is 6.46. The first-order valence-electron chi connectivity index (χ1n) is 14.3. The molecule has 2 aromatic heterocycles. The molecule has 2 heterocycles. The van der Waals surface area contributed by atoms with Gasteiger partial charge in [-0.15, -0.1) is 0 Å². The summed E-state index contributed by atoms with van der Waals surface area (Å²) in [7, 11) is 0. The molecule has 0 bridgehead atoms. The fourth-order valence-corrected chi connectivity index (χ4v) is 6.18. The number of imidazole rings is 1. The molecule has 43 heavy (non-hydrogen) atoms. The van der Waals surface area contributed by atoms with Gasteiger partial charge in [-0.1, -0.05) is 74.5 Å². The van der Waals surface area contributed by atoms with Crippen LogP contribution in [-0.4, -0.2) is 25.6 Å². The van der Waals surface area contributed by atoms with Gasteiger partial charge in [0.15, 0.2) is 0 Å². The van der Waals surface area contributed by atoms with Gasteiger partial charge in [0.1, 0.15) is 24.0 Å². The molecule has 0 spiro atoms. The Morgan fingerprint density at radius 1 is 0.884 bits per heavy atom. The van der Waals surface area contributed by atoms with E-state index in [2.05, 4.69) is 16.7 Å². The first-order valence-corrected chi connectivity index (χ1v) is 14.3. The summed E-state index contributed by atoms with van der Waals surface area (Å²) in [6.45, 7) is 4.84. The Hall–Kier alpha value is -5.04. The standard InChI is InChI=1S/C36H30FN3O3/c1-36(2)32(33(36)35(41)42)34-39-30-19-28(43-21-27-16-13-25-5-3-4-6-29(25)38-27)17-18-31(30)40(34)20-22-7-9-23(10-8-22)24-11-14-26(37)15-12-24/h3-19,32-33H,20-21H2,1-2H3,(H,41,42)/t32-,33+/m0/s1. The molecule has 1 aliphatic carbocycles. The lowest BCUT2D eigenvalue weighted by Gasteiger charge is -2.12. The van der Waals surface area contributed by atoms with Crippen LogP contribution in [-0.2, 0) is 17.9 Å². The average molecular weight is 572 g/mol. The van der Waals surface area contributed by atoms with Crippen LogP contribution in [0.15, 0.2) is 103 Å². The van der Waals surface area contributed by atoms with E-state index in [-0.39, 0.29) is 11.7 Å². The van der Waals surface area contributed by atoms with E-state index in [1.165, 1.54) is 12.1 Å². The molecule has 4 aromatic carbocycles. The van der Waals surface area contributed by atoms with Crippen molar-refractivity contribution in [3.8, 4) is 16.9 Å². The van der Waals surface area contributed by atoms with Crippen molar-refractivity contribution in [2.75, 3.05) is 0 Å². The van der Waals surface area contributed by atoms with Crippen molar-refractivity contribution in [3.05, 3.63) is 126 Å². The van der Waals surface area contributed by atoms with Gasteiger partial charge in [-0.2, -0.15) is 0 Å². The van der Waals surface area contributed by atoms with Gasteiger partial charge in [-0.3, -0.25) is 4.79 Å². The second-order valence-corrected chi connectivity index (χ2v) is 11.8. The van der Waals surface area contributed by atoms with Crippen LogP contribution >= 0.6 is 0 Å². The molecule has 1 aliphatic rings. The zero-order valence-electron chi connectivity index (χ0n) is 23.9. The number of pyridine rings is 1. The smallest absolute Gasteiger partial charge is 0.307 e. The summed E-state index contributed by atoms with van der Waals surface area (Å²) >= 11 is 0. The number of hydrogen-bond acceptors (Lipinski definition) is 4. The fraction of sp³-hybridized carbons (Fsp3) is 0.194. The van der Waals surface area contributed by atoms with Crippen LogP contribution in [0.1, 0.15) is 36.8 Å². The molecule has 0 unspecified atom stereocenters. The normalized spacial score (nSPS) is 17.3. The highest BCUT2D eigenvalue weighted by molar-refractivity contribution is 5.81. The zero-order chi connectivity index (χ0) is 29.7. The van der Waals surface area contributed by atoms with Gasteiger partial charge in [0.2, 0.25) is 0 Å². The van der Waals surface area contributed by atoms with E-state index in [9.17, 15) is 14.3 Å². The van der Waals surface area contributed by atoms with Gasteiger partial charge >= 0.3 is 5.97 Å². The third-order valence-electron chi connectivity index (χ3n) is 8.64. The van der Waals surface area contributed by atoms with E-state index in [0.29, 0.717) is 18.9 Å². The number of halogens is 1. The number of carboxylic acid groups (broad SMARTS) is 1. The summed E-state index contributed by atoms with van der Waals surface area (Å²) in [5.74, 6) is -0.332. The minimum absolute atomic E-state index is 0.206. The number of fused-ring (bicyclic) bond motifs is 2. The van der Waals surface area contributed by atoms with Crippen molar-refractivity contribution in [1.82, 2.24) is 14.5 Å². The number of para-hydroxylation sites is 1. The van der Waals surface area contributed by atoms with Gasteiger partial charge in [-0.05, 0) is 58.5 Å². The van der Waals surface area contributed by atoms with Gasteiger partial charge in [0.05, 0.1) is 28.2 Å². The predicted octanol–water partition coefficient (Wildman–Crippen LogP) is 7.84. The van der Waals surface area contributed by atoms with E-state index in [1.54, 1.807) is 12.1 Å². The number of nitrogens with zero attached hydrogens (tertiary/aromatic N) is 3. The number of carboxylic acids is 1. The number of benzene rings is 4. The minimum atomic E-state index is -0.802. The van der Waals surface area contributed by atoms with Crippen molar-refractivity contribution in [2.24, 2.45) is 11.3 Å². The van der Waals surface area contributed by atoms with Crippen molar-refractivity contribution in [1.29, 1.82) is 0 Å². The van der Waals surface area contributed by atoms with Crippen LogP contribution in [0.2, 0.25) is 0 Å². The van der Waals surface area contributed by atoms with Crippen LogP contribution in [0, 0.1) is 17.2 Å². The number of hydrogen-bond donors (Lipinski definition) is 1. The molecule has 0 radical (unpaired) electrons. The average Bonchev–Trinajstić information content (AvgIpc) is 3.43. The monoisotopic (exact) mass is 571 g/mol. The van der Waals surface area contributed by atoms with Gasteiger partial charge in [-0.25, -0.2) is 14.4 Å². The Morgan fingerprint density at radius 2 is 1.60 bits per heavy atom. The molecule has 0 aliphatic heterocycles. The molecule has 1 N–H and O–H groups in total. The van der Waals surface area contributed by atoms with E-state index in [1.807, 2.05) is 80.6 Å². The number of aliphatic carboxylic acids is 1. The van der Waals surface area contributed by atoms with Gasteiger partial charge < -0.3 is 14.4 Å². The SMILES string of the molecule is CC1(C)[C@H](c2nc3cc(OCc4ccc5ccccc5n4)ccc3n2Cc2ccc(-c3ccc(F)cc3)cc2)[C@@H]1C(=O)O. The maximum atomic E-state index is 13.4. The first-order chi connectivity index (χ1) is 20.8. The fourth-order valence-electron chi connectivity index (χ4n) is 6.18. The lowest BCUT2D eigenvalue weighted by Crippen LogP contribution is -2.07. The first kappa shape index (κ1) is 26.8. The van der Waals surface area contributed by atoms with Crippen LogP contribution in [0.3, 0.4) is 0 Å². The highest BCUT2D eigenvalue weighted by Gasteiger charge is 2.64. The number of aromatic nitrogens is 3. The molecule has 0 saturated heterocycles. The quantitative estimate of drug-likeness (QED) is 0.201. The summed E-state index contributed by atoms with van der Waals surface area (Å²) in [5.41, 5.74) is 6.02. The Labute approximate surface area is 248 Å². The van der Waals surface area contributed by atoms with Crippen molar-refractivity contribution >= 4 is 27.9 Å². The third-order valence-corrected chi connectivity index (χ3v) is 8.64. The number of rotatable bonds is 8. The summed E-state index contributed by atoms with van der Waals surface area (Å²) in [6, 6.07) is 32.4. The second-order valence-electron chi connectivity index (χ2n) is 11.8.